The van der Waals surface area contributed by atoms with E-state index in [2.05, 4.69) is 153 Å². The zero-order valence-corrected chi connectivity index (χ0v) is 25.5. The molecule has 2 nitrogen and oxygen atoms in total. The molecule has 3 heteroatoms. The molecule has 0 spiro atoms. The van der Waals surface area contributed by atoms with Crippen molar-refractivity contribution in [3.05, 3.63) is 120 Å². The third kappa shape index (κ3) is 3.53. The zero-order valence-electron chi connectivity index (χ0n) is 24.7. The van der Waals surface area contributed by atoms with Crippen LogP contribution in [-0.4, -0.2) is 4.57 Å². The van der Waals surface area contributed by atoms with Crippen LogP contribution in [0.15, 0.2) is 109 Å². The summed E-state index contributed by atoms with van der Waals surface area (Å²) in [7, 11) is 2.19. The van der Waals surface area contributed by atoms with Gasteiger partial charge >= 0.3 is 0 Å². The van der Waals surface area contributed by atoms with Crippen LogP contribution in [0.5, 0.6) is 0 Å². The molecule has 0 radical (unpaired) electrons. The Hall–Kier alpha value is -4.47. The van der Waals surface area contributed by atoms with Crippen molar-refractivity contribution < 1.29 is 4.57 Å². The molecule has 42 heavy (non-hydrogen) atoms. The number of aryl methyl sites for hydroxylation is 2. The molecule has 0 saturated heterocycles. The van der Waals surface area contributed by atoms with E-state index in [9.17, 15) is 0 Å². The first-order valence-corrected chi connectivity index (χ1v) is 15.5. The number of aromatic nitrogens is 2. The minimum Gasteiger partial charge on any atom is -0.309 e. The average molecular weight is 562 g/mol. The molecule has 8 aromatic rings. The summed E-state index contributed by atoms with van der Waals surface area (Å²) in [6.07, 6.45) is 2.25. The van der Waals surface area contributed by atoms with Gasteiger partial charge in [-0.2, -0.15) is 4.57 Å². The molecule has 8 rings (SSSR count). The topological polar surface area (TPSA) is 8.81 Å². The van der Waals surface area contributed by atoms with Crippen molar-refractivity contribution in [3.63, 3.8) is 0 Å². The van der Waals surface area contributed by atoms with Crippen molar-refractivity contribution in [1.82, 2.24) is 4.57 Å². The molecule has 0 saturated carbocycles. The standard InChI is InChI=1S/C39H33N2S/c1-24-25-13-6-7-14-26(25)31(39(2,3)4)23-30(24)37-38-29(21-22-40(37)5)36-34(19-12-20-35(36)42-38)41-32-17-10-8-15-27(32)28-16-9-11-18-33(28)41/h6-23H,1-5H3/q+1. The van der Waals surface area contributed by atoms with Crippen LogP contribution in [-0.2, 0) is 12.5 Å². The Morgan fingerprint density at radius 1 is 0.667 bits per heavy atom. The maximum atomic E-state index is 2.46. The van der Waals surface area contributed by atoms with Gasteiger partial charge in [-0.3, -0.25) is 0 Å². The minimum atomic E-state index is 0.0262. The lowest BCUT2D eigenvalue weighted by atomic mass is 9.80. The van der Waals surface area contributed by atoms with Gasteiger partial charge in [0, 0.05) is 32.3 Å². The van der Waals surface area contributed by atoms with Crippen molar-refractivity contribution in [2.24, 2.45) is 7.05 Å². The van der Waals surface area contributed by atoms with Gasteiger partial charge in [-0.25, -0.2) is 0 Å². The van der Waals surface area contributed by atoms with Gasteiger partial charge in [-0.05, 0) is 64.6 Å². The van der Waals surface area contributed by atoms with Crippen LogP contribution in [0.2, 0.25) is 0 Å². The predicted octanol–water partition coefficient (Wildman–Crippen LogP) is 10.4. The Labute approximate surface area is 250 Å². The van der Waals surface area contributed by atoms with Gasteiger partial charge in [0.25, 0.3) is 0 Å². The molecule has 3 aromatic heterocycles. The summed E-state index contributed by atoms with van der Waals surface area (Å²) in [4.78, 5) is 0. The summed E-state index contributed by atoms with van der Waals surface area (Å²) in [5.74, 6) is 0. The second-order valence-corrected chi connectivity index (χ2v) is 13.6. The first-order chi connectivity index (χ1) is 20.3. The summed E-state index contributed by atoms with van der Waals surface area (Å²) < 4.78 is 7.43. The van der Waals surface area contributed by atoms with E-state index in [1.165, 1.54) is 80.8 Å². The molecule has 3 heterocycles. The largest absolute Gasteiger partial charge is 0.309 e. The quantitative estimate of drug-likeness (QED) is 0.186. The SMILES string of the molecule is Cc1c(-c2c3sc4cccc(-n5c6ccccc6c6ccccc65)c4c3cc[n+]2C)cc(C(C)(C)C)c2ccccc12. The molecule has 0 amide bonds. The lowest BCUT2D eigenvalue weighted by molar-refractivity contribution is -0.659. The first kappa shape index (κ1) is 25.3. The Kier molecular flexibility index (Phi) is 5.42. The van der Waals surface area contributed by atoms with Gasteiger partial charge in [0.1, 0.15) is 11.7 Å². The van der Waals surface area contributed by atoms with Crippen molar-refractivity contribution in [3.8, 4) is 16.9 Å². The van der Waals surface area contributed by atoms with Crippen molar-refractivity contribution in [2.75, 3.05) is 0 Å². The van der Waals surface area contributed by atoms with Crippen LogP contribution < -0.4 is 4.57 Å². The van der Waals surface area contributed by atoms with E-state index in [-0.39, 0.29) is 5.41 Å². The number of para-hydroxylation sites is 2. The molecular weight excluding hydrogens is 529 g/mol. The predicted molar refractivity (Wildman–Crippen MR) is 181 cm³/mol. The highest BCUT2D eigenvalue weighted by Gasteiger charge is 2.27. The van der Waals surface area contributed by atoms with Crippen LogP contribution in [0.3, 0.4) is 0 Å². The van der Waals surface area contributed by atoms with Crippen molar-refractivity contribution in [1.29, 1.82) is 0 Å². The number of hydrogen-bond acceptors (Lipinski definition) is 1. The number of thiophene rings is 1. The summed E-state index contributed by atoms with van der Waals surface area (Å²) >= 11 is 1.91. The highest BCUT2D eigenvalue weighted by atomic mass is 32.1. The molecule has 204 valence electrons. The van der Waals surface area contributed by atoms with E-state index in [4.69, 9.17) is 0 Å². The van der Waals surface area contributed by atoms with Gasteiger partial charge in [-0.15, -0.1) is 11.3 Å². The smallest absolute Gasteiger partial charge is 0.230 e. The molecule has 0 aliphatic heterocycles. The fourth-order valence-corrected chi connectivity index (χ4v) is 8.29. The maximum absolute atomic E-state index is 2.46. The highest BCUT2D eigenvalue weighted by Crippen LogP contribution is 2.45. The van der Waals surface area contributed by atoms with E-state index < -0.39 is 0 Å². The Balaban J connectivity index is 1.49. The highest BCUT2D eigenvalue weighted by molar-refractivity contribution is 7.26. The molecule has 0 atom stereocenters. The third-order valence-corrected chi connectivity index (χ3v) is 10.1. The number of benzene rings is 5. The average Bonchev–Trinajstić information content (AvgIpc) is 3.53. The molecule has 0 aliphatic rings. The van der Waals surface area contributed by atoms with E-state index in [1.807, 2.05) is 11.3 Å². The zero-order chi connectivity index (χ0) is 28.7. The van der Waals surface area contributed by atoms with E-state index >= 15 is 0 Å². The van der Waals surface area contributed by atoms with E-state index in [0.717, 1.165) is 0 Å². The van der Waals surface area contributed by atoms with Crippen LogP contribution in [0.4, 0.5) is 0 Å². The van der Waals surface area contributed by atoms with Crippen LogP contribution in [0.1, 0.15) is 31.9 Å². The van der Waals surface area contributed by atoms with Gasteiger partial charge in [0.05, 0.1) is 22.3 Å². The fraction of sp³-hybridized carbons (Fsp3) is 0.154. The molecule has 0 unspecified atom stereocenters. The van der Waals surface area contributed by atoms with Crippen molar-refractivity contribution in [2.45, 2.75) is 33.1 Å². The monoisotopic (exact) mass is 561 g/mol. The lowest BCUT2D eigenvalue weighted by Gasteiger charge is -2.24. The Morgan fingerprint density at radius 2 is 1.29 bits per heavy atom. The second kappa shape index (κ2) is 9.01. The molecule has 0 aliphatic carbocycles. The molecule has 0 fully saturated rings. The normalized spacial score (nSPS) is 12.4. The summed E-state index contributed by atoms with van der Waals surface area (Å²) in [6.45, 7) is 9.27. The molecule has 5 aromatic carbocycles. The summed E-state index contributed by atoms with van der Waals surface area (Å²) in [6, 6.07) is 38.1. The van der Waals surface area contributed by atoms with Crippen LogP contribution in [0, 0.1) is 6.92 Å². The van der Waals surface area contributed by atoms with Gasteiger partial charge in [0.15, 0.2) is 6.20 Å². The number of hydrogen-bond donors (Lipinski definition) is 0. The van der Waals surface area contributed by atoms with Gasteiger partial charge < -0.3 is 4.57 Å². The Bertz CT molecular complexity index is 2310. The molecule has 0 bridgehead atoms. The van der Waals surface area contributed by atoms with E-state index in [0.29, 0.717) is 0 Å². The lowest BCUT2D eigenvalue weighted by Crippen LogP contribution is -2.30. The number of nitrogens with zero attached hydrogens (tertiary/aromatic N) is 2. The number of pyridine rings is 1. The van der Waals surface area contributed by atoms with E-state index in [1.54, 1.807) is 0 Å². The summed E-state index contributed by atoms with van der Waals surface area (Å²) in [5, 5.41) is 7.90. The molecular formula is C39H33N2S+. The number of fused-ring (bicyclic) bond motifs is 7. The minimum absolute atomic E-state index is 0.0262. The molecule has 0 N–H and O–H groups in total. The Morgan fingerprint density at radius 3 is 1.95 bits per heavy atom. The number of rotatable bonds is 2. The second-order valence-electron chi connectivity index (χ2n) is 12.5. The van der Waals surface area contributed by atoms with Gasteiger partial charge in [-0.1, -0.05) is 87.5 Å². The van der Waals surface area contributed by atoms with Crippen LogP contribution in [0.25, 0.3) is 69.7 Å². The fourth-order valence-electron chi connectivity index (χ4n) is 6.98. The van der Waals surface area contributed by atoms with Crippen LogP contribution >= 0.6 is 11.3 Å². The van der Waals surface area contributed by atoms with Crippen molar-refractivity contribution >= 4 is 64.1 Å². The maximum Gasteiger partial charge on any atom is 0.230 e. The third-order valence-electron chi connectivity index (χ3n) is 8.96. The van der Waals surface area contributed by atoms with Gasteiger partial charge in [0.2, 0.25) is 5.69 Å². The summed E-state index contributed by atoms with van der Waals surface area (Å²) in [5.41, 5.74) is 9.08. The first-order valence-electron chi connectivity index (χ1n) is 14.7.